The van der Waals surface area contributed by atoms with Crippen LogP contribution in [0.1, 0.15) is 11.3 Å². The summed E-state index contributed by atoms with van der Waals surface area (Å²) in [5, 5.41) is 10.3. The summed E-state index contributed by atoms with van der Waals surface area (Å²) >= 11 is 7.40. The van der Waals surface area contributed by atoms with Gasteiger partial charge in [0.2, 0.25) is 5.91 Å². The lowest BCUT2D eigenvalue weighted by molar-refractivity contribution is -0.113. The van der Waals surface area contributed by atoms with Gasteiger partial charge in [-0.2, -0.15) is 5.10 Å². The largest absolute Gasteiger partial charge is 0.308 e. The Morgan fingerprint density at radius 3 is 2.83 bits per heavy atom. The number of aromatic nitrogens is 6. The first-order chi connectivity index (χ1) is 14.5. The minimum Gasteiger partial charge on any atom is -0.308 e. The average molecular weight is 442 g/mol. The van der Waals surface area contributed by atoms with Gasteiger partial charge in [0.15, 0.2) is 22.1 Å². The number of thioether (sulfide) groups is 1. The fourth-order valence-corrected chi connectivity index (χ4v) is 3.75. The molecule has 9 nitrogen and oxygen atoms in total. The molecule has 0 unspecified atom stereocenters. The maximum absolute atomic E-state index is 13.1. The molecule has 3 aromatic heterocycles. The summed E-state index contributed by atoms with van der Waals surface area (Å²) in [6.45, 7) is 2.03. The van der Waals surface area contributed by atoms with Crippen LogP contribution in [0.25, 0.3) is 11.2 Å². The molecule has 152 valence electrons. The Morgan fingerprint density at radius 1 is 1.27 bits per heavy atom. The fraction of sp³-hybridized carbons (Fsp3) is 0.158. The number of hydrogen-bond donors (Lipinski definition) is 2. The van der Waals surface area contributed by atoms with E-state index in [1.54, 1.807) is 12.1 Å². The minimum atomic E-state index is -0.348. The molecule has 4 aromatic rings. The van der Waals surface area contributed by atoms with Crippen molar-refractivity contribution in [3.8, 4) is 0 Å². The molecule has 0 spiro atoms. The van der Waals surface area contributed by atoms with Crippen molar-refractivity contribution >= 4 is 46.3 Å². The molecule has 30 heavy (non-hydrogen) atoms. The van der Waals surface area contributed by atoms with E-state index in [4.69, 9.17) is 11.6 Å². The topological polar surface area (TPSA) is 118 Å². The summed E-state index contributed by atoms with van der Waals surface area (Å²) in [5.74, 6) is 0.195. The number of carbonyl (C=O) groups is 1. The Labute approximate surface area is 179 Å². The van der Waals surface area contributed by atoms with Crippen molar-refractivity contribution in [1.82, 2.24) is 29.7 Å². The minimum absolute atomic E-state index is 0.0344. The molecular formula is C19H16ClN7O2S. The monoisotopic (exact) mass is 441 g/mol. The number of nitrogens with one attached hydrogen (secondary N) is 2. The number of carbonyl (C=O) groups excluding carboxylic acids is 1. The fourth-order valence-electron chi connectivity index (χ4n) is 2.77. The molecule has 0 aliphatic heterocycles. The van der Waals surface area contributed by atoms with Crippen LogP contribution in [0.2, 0.25) is 5.02 Å². The number of fused-ring (bicyclic) bond motifs is 1. The molecule has 0 saturated carbocycles. The number of benzene rings is 1. The summed E-state index contributed by atoms with van der Waals surface area (Å²) in [6, 6.07) is 8.96. The average Bonchev–Trinajstić information content (AvgIpc) is 3.14. The molecule has 4 rings (SSSR count). The van der Waals surface area contributed by atoms with Crippen LogP contribution in [-0.2, 0) is 11.3 Å². The number of rotatable bonds is 6. The first-order valence-corrected chi connectivity index (χ1v) is 10.3. The van der Waals surface area contributed by atoms with Crippen molar-refractivity contribution in [2.75, 3.05) is 11.1 Å². The van der Waals surface area contributed by atoms with Gasteiger partial charge >= 0.3 is 0 Å². The van der Waals surface area contributed by atoms with E-state index in [0.717, 1.165) is 23.0 Å². The molecule has 0 bridgehead atoms. The highest BCUT2D eigenvalue weighted by molar-refractivity contribution is 7.99. The number of nitrogens with zero attached hydrogens (tertiary/aromatic N) is 5. The predicted octanol–water partition coefficient (Wildman–Crippen LogP) is 2.65. The van der Waals surface area contributed by atoms with E-state index in [-0.39, 0.29) is 34.9 Å². The van der Waals surface area contributed by atoms with Crippen LogP contribution in [0.4, 0.5) is 5.82 Å². The van der Waals surface area contributed by atoms with Crippen molar-refractivity contribution in [2.45, 2.75) is 18.6 Å². The Hall–Kier alpha value is -3.24. The van der Waals surface area contributed by atoms with E-state index in [9.17, 15) is 9.59 Å². The normalized spacial score (nSPS) is 11.0. The molecule has 3 heterocycles. The lowest BCUT2D eigenvalue weighted by Gasteiger charge is -2.13. The summed E-state index contributed by atoms with van der Waals surface area (Å²) in [7, 11) is 0. The van der Waals surface area contributed by atoms with Gasteiger partial charge in [0, 0.05) is 29.2 Å². The molecule has 11 heteroatoms. The number of hydrogen-bond acceptors (Lipinski definition) is 7. The number of aromatic amines is 1. The van der Waals surface area contributed by atoms with Crippen molar-refractivity contribution in [1.29, 1.82) is 0 Å². The molecular weight excluding hydrogens is 426 g/mol. The number of aryl methyl sites for hydroxylation is 1. The number of halogens is 1. The third kappa shape index (κ3) is 4.34. The summed E-state index contributed by atoms with van der Waals surface area (Å²) in [4.78, 5) is 38.1. The first kappa shape index (κ1) is 20.0. The number of amides is 1. The van der Waals surface area contributed by atoms with Gasteiger partial charge in [-0.25, -0.2) is 15.0 Å². The zero-order valence-electron chi connectivity index (χ0n) is 15.8. The Kier molecular flexibility index (Phi) is 5.77. The number of H-pyrrole nitrogens is 1. The third-order valence-corrected chi connectivity index (χ3v) is 5.50. The predicted molar refractivity (Wildman–Crippen MR) is 115 cm³/mol. The van der Waals surface area contributed by atoms with Gasteiger partial charge in [0.1, 0.15) is 0 Å². The zero-order chi connectivity index (χ0) is 21.1. The molecule has 0 aliphatic rings. The quantitative estimate of drug-likeness (QED) is 0.348. The maximum atomic E-state index is 13.1. The molecule has 0 atom stereocenters. The van der Waals surface area contributed by atoms with E-state index in [2.05, 4.69) is 30.5 Å². The lowest BCUT2D eigenvalue weighted by atomic mass is 10.2. The smallest absolute Gasteiger partial charge is 0.282 e. The standard InChI is InChI=1S/C19H16ClN7O2S/c1-11-8-14(26-25-11)23-15(28)10-30-19-24-17-16(21-6-7-22-17)18(29)27(19)9-12-4-2-3-5-13(12)20/h2-8H,9-10H2,1H3,(H2,23,25,26,28). The molecule has 0 fully saturated rings. The van der Waals surface area contributed by atoms with Gasteiger partial charge in [0.25, 0.3) is 5.56 Å². The van der Waals surface area contributed by atoms with Gasteiger partial charge in [-0.1, -0.05) is 41.6 Å². The van der Waals surface area contributed by atoms with Crippen molar-refractivity contribution in [2.24, 2.45) is 0 Å². The first-order valence-electron chi connectivity index (χ1n) is 8.91. The van der Waals surface area contributed by atoms with Crippen LogP contribution in [0, 0.1) is 6.92 Å². The SMILES string of the molecule is Cc1cc(NC(=O)CSc2nc3nccnc3c(=O)n2Cc2ccccc2Cl)n[nH]1. The van der Waals surface area contributed by atoms with Gasteiger partial charge in [-0.3, -0.25) is 19.3 Å². The highest BCUT2D eigenvalue weighted by atomic mass is 35.5. The van der Waals surface area contributed by atoms with Crippen LogP contribution < -0.4 is 10.9 Å². The molecule has 0 radical (unpaired) electrons. The van der Waals surface area contributed by atoms with Gasteiger partial charge < -0.3 is 5.32 Å². The van der Waals surface area contributed by atoms with E-state index in [1.165, 1.54) is 17.0 Å². The molecule has 1 amide bonds. The van der Waals surface area contributed by atoms with Crippen LogP contribution >= 0.6 is 23.4 Å². The van der Waals surface area contributed by atoms with E-state index >= 15 is 0 Å². The van der Waals surface area contributed by atoms with Crippen LogP contribution in [0.5, 0.6) is 0 Å². The highest BCUT2D eigenvalue weighted by Crippen LogP contribution is 2.21. The van der Waals surface area contributed by atoms with E-state index < -0.39 is 0 Å². The van der Waals surface area contributed by atoms with Gasteiger partial charge in [0.05, 0.1) is 12.3 Å². The second-order valence-corrected chi connectivity index (χ2v) is 7.73. The van der Waals surface area contributed by atoms with Crippen molar-refractivity contribution in [3.05, 3.63) is 69.4 Å². The molecule has 0 aliphatic carbocycles. The Bertz CT molecular complexity index is 1290. The Morgan fingerprint density at radius 2 is 2.07 bits per heavy atom. The lowest BCUT2D eigenvalue weighted by Crippen LogP contribution is -2.26. The number of anilines is 1. The second kappa shape index (κ2) is 8.64. The molecule has 0 saturated heterocycles. The second-order valence-electron chi connectivity index (χ2n) is 6.38. The maximum Gasteiger partial charge on any atom is 0.282 e. The summed E-state index contributed by atoms with van der Waals surface area (Å²) in [6.07, 6.45) is 2.91. The molecule has 1 aromatic carbocycles. The van der Waals surface area contributed by atoms with Crippen molar-refractivity contribution < 1.29 is 4.79 Å². The van der Waals surface area contributed by atoms with E-state index in [1.807, 2.05) is 25.1 Å². The summed E-state index contributed by atoms with van der Waals surface area (Å²) < 4.78 is 1.45. The zero-order valence-corrected chi connectivity index (χ0v) is 17.4. The molecule has 2 N–H and O–H groups in total. The van der Waals surface area contributed by atoms with Gasteiger partial charge in [-0.15, -0.1) is 0 Å². The van der Waals surface area contributed by atoms with Crippen LogP contribution in [0.3, 0.4) is 0 Å². The van der Waals surface area contributed by atoms with Crippen LogP contribution in [0.15, 0.2) is 52.7 Å². The van der Waals surface area contributed by atoms with Crippen molar-refractivity contribution in [3.63, 3.8) is 0 Å². The van der Waals surface area contributed by atoms with Gasteiger partial charge in [-0.05, 0) is 18.6 Å². The van der Waals surface area contributed by atoms with Crippen LogP contribution in [-0.4, -0.2) is 41.4 Å². The summed E-state index contributed by atoms with van der Waals surface area (Å²) in [5.41, 5.74) is 1.62. The Balaban J connectivity index is 1.64. The third-order valence-electron chi connectivity index (χ3n) is 4.15. The van der Waals surface area contributed by atoms with E-state index in [0.29, 0.717) is 16.0 Å². The highest BCUT2D eigenvalue weighted by Gasteiger charge is 2.16.